The number of nitrogens with zero attached hydrogens (tertiary/aromatic N) is 2. The molecule has 2 aromatic heterocycles. The summed E-state index contributed by atoms with van der Waals surface area (Å²) in [6, 6.07) is 10.5. The van der Waals surface area contributed by atoms with E-state index in [0.717, 1.165) is 45.7 Å². The van der Waals surface area contributed by atoms with Gasteiger partial charge in [-0.2, -0.15) is 13.2 Å². The highest BCUT2D eigenvalue weighted by molar-refractivity contribution is 5.84. The number of aromatic amines is 1. The van der Waals surface area contributed by atoms with Crippen LogP contribution >= 0.6 is 0 Å². The predicted octanol–water partition coefficient (Wildman–Crippen LogP) is 5.60. The zero-order valence-corrected chi connectivity index (χ0v) is 14.5. The number of hydrogen-bond donors (Lipinski definition) is 2. The summed E-state index contributed by atoms with van der Waals surface area (Å²) < 4.78 is 43.2. The van der Waals surface area contributed by atoms with E-state index >= 15 is 0 Å². The third kappa shape index (κ3) is 3.25. The van der Waals surface area contributed by atoms with Crippen LogP contribution in [0.25, 0.3) is 22.2 Å². The Labute approximate surface area is 152 Å². The number of imidazole rings is 1. The van der Waals surface area contributed by atoms with Gasteiger partial charge in [0.05, 0.1) is 22.3 Å². The molecule has 2 aromatic carbocycles. The third-order valence-electron chi connectivity index (χ3n) is 4.28. The molecule has 0 aliphatic heterocycles. The van der Waals surface area contributed by atoms with Gasteiger partial charge in [-0.15, -0.1) is 0 Å². The molecule has 0 atom stereocenters. The molecule has 0 fully saturated rings. The molecule has 4 rings (SSSR count). The molecule has 0 aliphatic rings. The molecule has 0 saturated heterocycles. The second-order valence-corrected chi connectivity index (χ2v) is 6.22. The summed E-state index contributed by atoms with van der Waals surface area (Å²) in [5, 5.41) is 6.95. The molecule has 0 unspecified atom stereocenters. The Bertz CT molecular complexity index is 1090. The number of halogens is 3. The fraction of sp³-hybridized carbons (Fsp3) is 0.158. The van der Waals surface area contributed by atoms with Gasteiger partial charge in [0.2, 0.25) is 5.95 Å². The number of benzene rings is 2. The maximum Gasteiger partial charge on any atom is 0.416 e. The molecule has 138 valence electrons. The molecule has 2 N–H and O–H groups in total. The molecule has 4 aromatic rings. The van der Waals surface area contributed by atoms with E-state index in [0.29, 0.717) is 11.6 Å². The maximum absolute atomic E-state index is 12.6. The lowest BCUT2D eigenvalue weighted by molar-refractivity contribution is -0.137. The van der Waals surface area contributed by atoms with Crippen LogP contribution in [0.5, 0.6) is 0 Å². The van der Waals surface area contributed by atoms with Crippen LogP contribution in [0.3, 0.4) is 0 Å². The van der Waals surface area contributed by atoms with Crippen molar-refractivity contribution in [1.29, 1.82) is 0 Å². The van der Waals surface area contributed by atoms with Gasteiger partial charge >= 0.3 is 6.18 Å². The molecule has 0 bridgehead atoms. The Balaban J connectivity index is 1.62. The van der Waals surface area contributed by atoms with E-state index in [1.54, 1.807) is 0 Å². The number of nitrogens with one attached hydrogen (secondary N) is 2. The zero-order valence-electron chi connectivity index (χ0n) is 14.5. The molecule has 0 aliphatic carbocycles. The van der Waals surface area contributed by atoms with Gasteiger partial charge in [0.25, 0.3) is 0 Å². The molecule has 8 heteroatoms. The van der Waals surface area contributed by atoms with Gasteiger partial charge in [0.1, 0.15) is 5.76 Å². The van der Waals surface area contributed by atoms with Gasteiger partial charge in [0.15, 0.2) is 0 Å². The Hall–Kier alpha value is -3.29. The second-order valence-electron chi connectivity index (χ2n) is 6.22. The van der Waals surface area contributed by atoms with E-state index in [-0.39, 0.29) is 0 Å². The standard InChI is InChI=1S/C19H15F3N4O/c1-10-17(11(2)27-26-10)12-3-8-15-16(9-12)25-18(24-15)23-14-6-4-13(5-7-14)19(20,21)22/h3-9H,1-2H3,(H2,23,24,25). The first-order valence-corrected chi connectivity index (χ1v) is 8.18. The van der Waals surface area contributed by atoms with Crippen molar-refractivity contribution in [2.24, 2.45) is 0 Å². The highest BCUT2D eigenvalue weighted by Crippen LogP contribution is 2.31. The van der Waals surface area contributed by atoms with Crippen molar-refractivity contribution in [3.8, 4) is 11.1 Å². The highest BCUT2D eigenvalue weighted by atomic mass is 19.4. The van der Waals surface area contributed by atoms with Crippen molar-refractivity contribution in [1.82, 2.24) is 15.1 Å². The van der Waals surface area contributed by atoms with E-state index in [2.05, 4.69) is 20.4 Å². The average Bonchev–Trinajstić information content (AvgIpc) is 3.16. The van der Waals surface area contributed by atoms with Crippen LogP contribution in [0.4, 0.5) is 24.8 Å². The van der Waals surface area contributed by atoms with Crippen molar-refractivity contribution in [2.75, 3.05) is 5.32 Å². The average molecular weight is 372 g/mol. The Morgan fingerprint density at radius 2 is 1.78 bits per heavy atom. The number of H-pyrrole nitrogens is 1. The van der Waals surface area contributed by atoms with Crippen LogP contribution in [0.2, 0.25) is 0 Å². The molecule has 0 amide bonds. The van der Waals surface area contributed by atoms with Gasteiger partial charge in [-0.3, -0.25) is 0 Å². The van der Waals surface area contributed by atoms with E-state index in [9.17, 15) is 13.2 Å². The van der Waals surface area contributed by atoms with Crippen molar-refractivity contribution in [2.45, 2.75) is 20.0 Å². The molecule has 0 saturated carbocycles. The van der Waals surface area contributed by atoms with Gasteiger partial charge in [0, 0.05) is 11.3 Å². The van der Waals surface area contributed by atoms with Crippen molar-refractivity contribution >= 4 is 22.7 Å². The zero-order chi connectivity index (χ0) is 19.2. The van der Waals surface area contributed by atoms with Crippen molar-refractivity contribution in [3.05, 3.63) is 59.5 Å². The Kier molecular flexibility index (Phi) is 3.91. The van der Waals surface area contributed by atoms with E-state index in [4.69, 9.17) is 4.52 Å². The van der Waals surface area contributed by atoms with Crippen LogP contribution < -0.4 is 5.32 Å². The second kappa shape index (κ2) is 6.15. The maximum atomic E-state index is 12.6. The lowest BCUT2D eigenvalue weighted by Crippen LogP contribution is -2.04. The molecule has 2 heterocycles. The van der Waals surface area contributed by atoms with E-state index in [1.165, 1.54) is 12.1 Å². The number of anilines is 2. The fourth-order valence-corrected chi connectivity index (χ4v) is 2.99. The summed E-state index contributed by atoms with van der Waals surface area (Å²) in [4.78, 5) is 7.58. The van der Waals surface area contributed by atoms with E-state index < -0.39 is 11.7 Å². The molecular weight excluding hydrogens is 357 g/mol. The smallest absolute Gasteiger partial charge is 0.361 e. The fourth-order valence-electron chi connectivity index (χ4n) is 2.99. The summed E-state index contributed by atoms with van der Waals surface area (Å²) in [6.07, 6.45) is -4.35. The minimum Gasteiger partial charge on any atom is -0.361 e. The molecule has 0 spiro atoms. The number of fused-ring (bicyclic) bond motifs is 1. The largest absolute Gasteiger partial charge is 0.416 e. The van der Waals surface area contributed by atoms with Gasteiger partial charge < -0.3 is 14.8 Å². The lowest BCUT2D eigenvalue weighted by Gasteiger charge is -2.07. The summed E-state index contributed by atoms with van der Waals surface area (Å²) in [7, 11) is 0. The number of aromatic nitrogens is 3. The Morgan fingerprint density at radius 1 is 1.04 bits per heavy atom. The van der Waals surface area contributed by atoms with Crippen LogP contribution in [0.15, 0.2) is 47.0 Å². The first kappa shape index (κ1) is 17.1. The van der Waals surface area contributed by atoms with Crippen LogP contribution in [0.1, 0.15) is 17.0 Å². The number of rotatable bonds is 3. The SMILES string of the molecule is Cc1noc(C)c1-c1ccc2[nH]c(Nc3ccc(C(F)(F)F)cc3)nc2c1. The van der Waals surface area contributed by atoms with Gasteiger partial charge in [-0.1, -0.05) is 11.2 Å². The summed E-state index contributed by atoms with van der Waals surface area (Å²) in [6.45, 7) is 3.72. The molecule has 27 heavy (non-hydrogen) atoms. The lowest BCUT2D eigenvalue weighted by atomic mass is 10.0. The molecule has 5 nitrogen and oxygen atoms in total. The third-order valence-corrected chi connectivity index (χ3v) is 4.28. The first-order valence-electron chi connectivity index (χ1n) is 8.18. The number of aryl methyl sites for hydroxylation is 2. The van der Waals surface area contributed by atoms with Gasteiger partial charge in [-0.25, -0.2) is 4.98 Å². The predicted molar refractivity (Wildman–Crippen MR) is 95.8 cm³/mol. The van der Waals surface area contributed by atoms with Crippen LogP contribution in [-0.2, 0) is 6.18 Å². The van der Waals surface area contributed by atoms with Crippen LogP contribution in [0, 0.1) is 13.8 Å². The van der Waals surface area contributed by atoms with E-state index in [1.807, 2.05) is 32.0 Å². The minimum absolute atomic E-state index is 0.445. The summed E-state index contributed by atoms with van der Waals surface area (Å²) in [5.74, 6) is 1.17. The minimum atomic E-state index is -4.35. The number of hydrogen-bond acceptors (Lipinski definition) is 4. The molecule has 0 radical (unpaired) electrons. The van der Waals surface area contributed by atoms with Crippen LogP contribution in [-0.4, -0.2) is 15.1 Å². The topological polar surface area (TPSA) is 66.7 Å². The van der Waals surface area contributed by atoms with Gasteiger partial charge in [-0.05, 0) is 55.8 Å². The summed E-state index contributed by atoms with van der Waals surface area (Å²) in [5.41, 5.74) is 4.01. The first-order chi connectivity index (χ1) is 12.8. The highest BCUT2D eigenvalue weighted by Gasteiger charge is 2.29. The normalized spacial score (nSPS) is 11.9. The Morgan fingerprint density at radius 3 is 2.41 bits per heavy atom. The summed E-state index contributed by atoms with van der Waals surface area (Å²) >= 11 is 0. The monoisotopic (exact) mass is 372 g/mol. The van der Waals surface area contributed by atoms with Crippen molar-refractivity contribution < 1.29 is 17.7 Å². The number of alkyl halides is 3. The van der Waals surface area contributed by atoms with Crippen molar-refractivity contribution in [3.63, 3.8) is 0 Å². The quantitative estimate of drug-likeness (QED) is 0.491. The molecular formula is C19H15F3N4O.